The Morgan fingerprint density at radius 2 is 1.79 bits per heavy atom. The topological polar surface area (TPSA) is 55.7 Å². The molecule has 1 heterocycles. The van der Waals surface area contributed by atoms with Crippen LogP contribution in [0.3, 0.4) is 0 Å². The van der Waals surface area contributed by atoms with Crippen molar-refractivity contribution in [1.29, 1.82) is 0 Å². The van der Waals surface area contributed by atoms with Gasteiger partial charge in [-0.1, -0.05) is 29.6 Å². The van der Waals surface area contributed by atoms with Gasteiger partial charge in [0.05, 0.1) is 10.0 Å². The number of fused-ring (bicyclic) bond motifs is 1. The summed E-state index contributed by atoms with van der Waals surface area (Å²) in [6, 6.07) is 3.86. The second-order valence-corrected chi connectivity index (χ2v) is 9.87. The van der Waals surface area contributed by atoms with E-state index in [2.05, 4.69) is 4.40 Å². The highest BCUT2D eigenvalue weighted by Crippen LogP contribution is 2.61. The van der Waals surface area contributed by atoms with Crippen LogP contribution in [0, 0.1) is 0 Å². The molecule has 24 heavy (non-hydrogen) atoms. The van der Waals surface area contributed by atoms with Crippen molar-refractivity contribution in [2.75, 3.05) is 0 Å². The fraction of sp³-hybridized carbons (Fsp3) is 0.562. The van der Waals surface area contributed by atoms with Gasteiger partial charge >= 0.3 is 9.24 Å². The Labute approximate surface area is 155 Å². The van der Waals surface area contributed by atoms with Gasteiger partial charge in [-0.05, 0) is 55.4 Å². The van der Waals surface area contributed by atoms with Crippen molar-refractivity contribution in [2.24, 2.45) is 4.40 Å². The number of hydrogen-bond acceptors (Lipinski definition) is 3. The van der Waals surface area contributed by atoms with Gasteiger partial charge in [0.1, 0.15) is 5.60 Å². The van der Waals surface area contributed by atoms with E-state index < -0.39 is 14.8 Å². The van der Waals surface area contributed by atoms with Crippen molar-refractivity contribution in [2.45, 2.75) is 56.0 Å². The molecule has 4 nitrogen and oxygen atoms in total. The zero-order valence-corrected chi connectivity index (χ0v) is 15.9. The van der Waals surface area contributed by atoms with Crippen LogP contribution in [0.2, 0.25) is 10.0 Å². The van der Waals surface area contributed by atoms with Crippen molar-refractivity contribution in [3.63, 3.8) is 0 Å². The normalized spacial score (nSPS) is 33.5. The first kappa shape index (κ1) is 17.0. The number of benzene rings is 1. The van der Waals surface area contributed by atoms with E-state index in [-0.39, 0.29) is 11.3 Å². The Morgan fingerprint density at radius 3 is 2.54 bits per heavy atom. The molecule has 2 atom stereocenters. The smallest absolute Gasteiger partial charge is 0.342 e. The van der Waals surface area contributed by atoms with Crippen molar-refractivity contribution < 1.29 is 13.2 Å². The summed E-state index contributed by atoms with van der Waals surface area (Å²) < 4.78 is 32.6. The number of hydrogen-bond donors (Lipinski definition) is 0. The summed E-state index contributed by atoms with van der Waals surface area (Å²) >= 11 is 12.5. The van der Waals surface area contributed by atoms with E-state index >= 15 is 0 Å². The van der Waals surface area contributed by atoms with Gasteiger partial charge in [-0.25, -0.2) is 0 Å². The minimum atomic E-state index is -4.00. The molecule has 1 saturated carbocycles. The lowest BCUT2D eigenvalue weighted by Crippen LogP contribution is -2.53. The third-order valence-electron chi connectivity index (χ3n) is 5.74. The summed E-state index contributed by atoms with van der Waals surface area (Å²) in [5.41, 5.74) is 1.57. The molecule has 0 aromatic heterocycles. The fourth-order valence-electron chi connectivity index (χ4n) is 4.86. The molecule has 0 bridgehead atoms. The molecule has 130 valence electrons. The lowest BCUT2D eigenvalue weighted by molar-refractivity contribution is -0.0324. The van der Waals surface area contributed by atoms with E-state index in [1.165, 1.54) is 5.56 Å². The first-order valence-electron chi connectivity index (χ1n) is 7.96. The molecule has 3 aliphatic rings. The minimum Gasteiger partial charge on any atom is -0.473 e. The second-order valence-electron chi connectivity index (χ2n) is 6.88. The number of ether oxygens (including phenoxy) is 1. The average molecular weight is 409 g/mol. The highest BCUT2D eigenvalue weighted by atomic mass is 35.7. The zero-order chi connectivity index (χ0) is 17.2. The van der Waals surface area contributed by atoms with Crippen molar-refractivity contribution in [3.8, 4) is 0 Å². The highest BCUT2D eigenvalue weighted by Gasteiger charge is 2.63. The zero-order valence-electron chi connectivity index (χ0n) is 12.8. The van der Waals surface area contributed by atoms with Crippen molar-refractivity contribution >= 4 is 49.0 Å². The number of rotatable bonds is 1. The molecule has 2 fully saturated rings. The molecule has 1 aliphatic heterocycles. The van der Waals surface area contributed by atoms with Crippen LogP contribution in [0.1, 0.15) is 49.7 Å². The first-order chi connectivity index (χ1) is 11.2. The Hall–Kier alpha value is -0.490. The van der Waals surface area contributed by atoms with Gasteiger partial charge in [0.25, 0.3) is 0 Å². The molecule has 2 aliphatic carbocycles. The summed E-state index contributed by atoms with van der Waals surface area (Å²) in [5.74, 6) is 0.214. The quantitative estimate of drug-likeness (QED) is 0.628. The van der Waals surface area contributed by atoms with Crippen molar-refractivity contribution in [1.82, 2.24) is 0 Å². The van der Waals surface area contributed by atoms with Gasteiger partial charge in [-0.3, -0.25) is 0 Å². The molecule has 8 heteroatoms. The predicted molar refractivity (Wildman–Crippen MR) is 95.6 cm³/mol. The standard InChI is InChI=1S/C16H16Cl3NO3S/c17-12-7-10-3-6-16-5-2-1-4-15(16,11(10)8-13(12)18)9-14(23-16)20-24(19,21)22/h7-8H,1-6,9H2/t15-,16+/m0/s1. The monoisotopic (exact) mass is 407 g/mol. The summed E-state index contributed by atoms with van der Waals surface area (Å²) in [6.07, 6.45) is 6.00. The third kappa shape index (κ3) is 2.47. The predicted octanol–water partition coefficient (Wildman–Crippen LogP) is 4.79. The molecule has 0 unspecified atom stereocenters. The van der Waals surface area contributed by atoms with Gasteiger partial charge in [-0.15, -0.1) is 4.40 Å². The maximum atomic E-state index is 11.4. The van der Waals surface area contributed by atoms with E-state index in [0.29, 0.717) is 16.5 Å². The van der Waals surface area contributed by atoms with Crippen LogP contribution < -0.4 is 0 Å². The van der Waals surface area contributed by atoms with Crippen LogP contribution >= 0.6 is 33.9 Å². The lowest BCUT2D eigenvalue weighted by atomic mass is 9.54. The van der Waals surface area contributed by atoms with Gasteiger partial charge in [0.2, 0.25) is 5.90 Å². The van der Waals surface area contributed by atoms with E-state index in [1.54, 1.807) is 0 Å². The Bertz CT molecular complexity index is 854. The van der Waals surface area contributed by atoms with E-state index in [1.807, 2.05) is 12.1 Å². The average Bonchev–Trinajstić information content (AvgIpc) is 2.81. The molecule has 0 N–H and O–H groups in total. The summed E-state index contributed by atoms with van der Waals surface area (Å²) in [7, 11) is 1.31. The summed E-state index contributed by atoms with van der Waals surface area (Å²) in [6.45, 7) is 0. The Balaban J connectivity index is 1.91. The molecule has 4 rings (SSSR count). The Kier molecular flexibility index (Phi) is 3.89. The molecular formula is C16H16Cl3NO3S. The third-order valence-corrected chi connectivity index (χ3v) is 7.09. The highest BCUT2D eigenvalue weighted by molar-refractivity contribution is 8.12. The molecule has 1 aromatic carbocycles. The van der Waals surface area contributed by atoms with Crippen LogP contribution in [0.5, 0.6) is 0 Å². The van der Waals surface area contributed by atoms with Crippen LogP contribution in [-0.4, -0.2) is 19.9 Å². The van der Waals surface area contributed by atoms with Crippen LogP contribution in [-0.2, 0) is 25.8 Å². The van der Waals surface area contributed by atoms with Crippen LogP contribution in [0.25, 0.3) is 0 Å². The van der Waals surface area contributed by atoms with Gasteiger partial charge in [0, 0.05) is 22.5 Å². The second kappa shape index (κ2) is 5.50. The van der Waals surface area contributed by atoms with E-state index in [4.69, 9.17) is 38.6 Å². The van der Waals surface area contributed by atoms with Gasteiger partial charge < -0.3 is 4.74 Å². The molecular weight excluding hydrogens is 393 g/mol. The number of aryl methyl sites for hydroxylation is 1. The lowest BCUT2D eigenvalue weighted by Gasteiger charge is -2.51. The van der Waals surface area contributed by atoms with Crippen LogP contribution in [0.15, 0.2) is 16.5 Å². The van der Waals surface area contributed by atoms with E-state index in [0.717, 1.165) is 44.1 Å². The minimum absolute atomic E-state index is 0.214. The molecule has 0 amide bonds. The number of nitrogens with zero attached hydrogens (tertiary/aromatic N) is 1. The largest absolute Gasteiger partial charge is 0.473 e. The molecule has 0 radical (unpaired) electrons. The van der Waals surface area contributed by atoms with Gasteiger partial charge in [0.15, 0.2) is 0 Å². The Morgan fingerprint density at radius 1 is 1.08 bits per heavy atom. The maximum Gasteiger partial charge on any atom is 0.342 e. The van der Waals surface area contributed by atoms with Crippen molar-refractivity contribution in [3.05, 3.63) is 33.3 Å². The SMILES string of the molecule is O=S(=O)(Cl)N=C1C[C@]23CCCC[C@]2(CCc2cc(Cl)c(Cl)cc23)O1. The van der Waals surface area contributed by atoms with E-state index in [9.17, 15) is 8.42 Å². The summed E-state index contributed by atoms with van der Waals surface area (Å²) in [5, 5.41) is 1.06. The maximum absolute atomic E-state index is 11.4. The molecule has 1 saturated heterocycles. The molecule has 0 spiro atoms. The number of halogens is 3. The first-order valence-corrected chi connectivity index (χ1v) is 11.0. The van der Waals surface area contributed by atoms with Crippen LogP contribution in [0.4, 0.5) is 0 Å². The summed E-state index contributed by atoms with van der Waals surface area (Å²) in [4.78, 5) is 0. The fourth-order valence-corrected chi connectivity index (χ4v) is 5.79. The van der Waals surface area contributed by atoms with Gasteiger partial charge in [-0.2, -0.15) is 8.42 Å². The molecule has 1 aromatic rings.